The molecule has 0 heterocycles. The minimum absolute atomic E-state index is 0.158. The van der Waals surface area contributed by atoms with Gasteiger partial charge in [0, 0.05) is 30.3 Å². The second kappa shape index (κ2) is 10.9. The topological polar surface area (TPSA) is 84.5 Å². The van der Waals surface area contributed by atoms with Crippen LogP contribution in [0.1, 0.15) is 33.2 Å². The molecule has 4 rings (SSSR count). The predicted octanol–water partition coefficient (Wildman–Crippen LogP) is 5.46. The van der Waals surface area contributed by atoms with Gasteiger partial charge in [-0.25, -0.2) is 0 Å². The van der Waals surface area contributed by atoms with Gasteiger partial charge in [0.1, 0.15) is 5.75 Å². The van der Waals surface area contributed by atoms with Crippen molar-refractivity contribution in [3.63, 3.8) is 0 Å². The summed E-state index contributed by atoms with van der Waals surface area (Å²) in [4.78, 5) is 36.2. The van der Waals surface area contributed by atoms with Crippen molar-refractivity contribution >= 4 is 23.5 Å². The van der Waals surface area contributed by atoms with Crippen LogP contribution in [0.4, 0.5) is 5.69 Å². The standard InChI is InChI=1S/C29H24N2O4/c1-20(32)35-27-9-5-8-25(18-27)29(34)31-26-16-10-21(11-17-26)19-30-28(33)24-14-12-23(13-15-24)22-6-3-2-4-7-22/h2-18H,19H2,1H3,(H,30,33)(H,31,34). The third-order valence-corrected chi connectivity index (χ3v) is 5.28. The summed E-state index contributed by atoms with van der Waals surface area (Å²) < 4.78 is 5.02. The van der Waals surface area contributed by atoms with Gasteiger partial charge in [-0.3, -0.25) is 14.4 Å². The number of ether oxygens (including phenoxy) is 1. The van der Waals surface area contributed by atoms with Crippen molar-refractivity contribution in [2.24, 2.45) is 0 Å². The lowest BCUT2D eigenvalue weighted by Gasteiger charge is -2.09. The van der Waals surface area contributed by atoms with Crippen LogP contribution in [0.15, 0.2) is 103 Å². The molecule has 0 atom stereocenters. The molecule has 0 radical (unpaired) electrons. The summed E-state index contributed by atoms with van der Waals surface area (Å²) in [7, 11) is 0. The third kappa shape index (κ3) is 6.42. The summed E-state index contributed by atoms with van der Waals surface area (Å²) in [6.07, 6.45) is 0. The molecule has 4 aromatic carbocycles. The number of anilines is 1. The Bertz CT molecular complexity index is 1330. The second-order valence-electron chi connectivity index (χ2n) is 7.90. The number of benzene rings is 4. The SMILES string of the molecule is CC(=O)Oc1cccc(C(=O)Nc2ccc(CNC(=O)c3ccc(-c4ccccc4)cc3)cc2)c1. The number of hydrogen-bond donors (Lipinski definition) is 2. The van der Waals surface area contributed by atoms with E-state index in [1.54, 1.807) is 30.3 Å². The predicted molar refractivity (Wildman–Crippen MR) is 135 cm³/mol. The molecule has 35 heavy (non-hydrogen) atoms. The van der Waals surface area contributed by atoms with Crippen molar-refractivity contribution in [1.29, 1.82) is 0 Å². The van der Waals surface area contributed by atoms with E-state index in [0.29, 0.717) is 29.1 Å². The van der Waals surface area contributed by atoms with Gasteiger partial charge in [0.15, 0.2) is 0 Å². The van der Waals surface area contributed by atoms with Crippen molar-refractivity contribution in [1.82, 2.24) is 5.32 Å². The van der Waals surface area contributed by atoms with E-state index in [2.05, 4.69) is 10.6 Å². The summed E-state index contributed by atoms with van der Waals surface area (Å²) in [5.41, 5.74) is 4.62. The van der Waals surface area contributed by atoms with Crippen LogP contribution < -0.4 is 15.4 Å². The molecule has 0 spiro atoms. The molecule has 0 saturated heterocycles. The van der Waals surface area contributed by atoms with Gasteiger partial charge >= 0.3 is 5.97 Å². The molecule has 6 nitrogen and oxygen atoms in total. The average molecular weight is 465 g/mol. The molecule has 0 aliphatic heterocycles. The van der Waals surface area contributed by atoms with Crippen LogP contribution in [0.2, 0.25) is 0 Å². The third-order valence-electron chi connectivity index (χ3n) is 5.28. The van der Waals surface area contributed by atoms with Crippen LogP contribution in [0.25, 0.3) is 11.1 Å². The monoisotopic (exact) mass is 464 g/mol. The highest BCUT2D eigenvalue weighted by Gasteiger charge is 2.09. The number of esters is 1. The van der Waals surface area contributed by atoms with E-state index in [4.69, 9.17) is 4.74 Å². The number of rotatable bonds is 7. The molecule has 2 N–H and O–H groups in total. The first-order valence-corrected chi connectivity index (χ1v) is 11.1. The fourth-order valence-corrected chi connectivity index (χ4v) is 3.51. The minimum Gasteiger partial charge on any atom is -0.427 e. The molecule has 174 valence electrons. The maximum atomic E-state index is 12.5. The highest BCUT2D eigenvalue weighted by molar-refractivity contribution is 6.04. The smallest absolute Gasteiger partial charge is 0.308 e. The number of hydrogen-bond acceptors (Lipinski definition) is 4. The quantitative estimate of drug-likeness (QED) is 0.281. The highest BCUT2D eigenvalue weighted by atomic mass is 16.5. The molecule has 0 aliphatic carbocycles. The van der Waals surface area contributed by atoms with Gasteiger partial charge in [-0.2, -0.15) is 0 Å². The molecule has 0 bridgehead atoms. The van der Waals surface area contributed by atoms with E-state index in [1.807, 2.05) is 66.7 Å². The maximum absolute atomic E-state index is 12.5. The summed E-state index contributed by atoms with van der Waals surface area (Å²) in [5, 5.41) is 5.72. The van der Waals surface area contributed by atoms with E-state index in [-0.39, 0.29) is 11.8 Å². The van der Waals surface area contributed by atoms with Gasteiger partial charge in [-0.1, -0.05) is 60.7 Å². The first-order chi connectivity index (χ1) is 17.0. The van der Waals surface area contributed by atoms with Gasteiger partial charge in [0.05, 0.1) is 0 Å². The Morgan fingerprint density at radius 2 is 1.37 bits per heavy atom. The van der Waals surface area contributed by atoms with E-state index >= 15 is 0 Å². The van der Waals surface area contributed by atoms with Crippen molar-refractivity contribution in [2.75, 3.05) is 5.32 Å². The zero-order valence-electron chi connectivity index (χ0n) is 19.2. The minimum atomic E-state index is -0.450. The van der Waals surface area contributed by atoms with Crippen LogP contribution in [0, 0.1) is 0 Å². The molecule has 0 saturated carbocycles. The van der Waals surface area contributed by atoms with Crippen molar-refractivity contribution < 1.29 is 19.1 Å². The van der Waals surface area contributed by atoms with Gasteiger partial charge in [-0.15, -0.1) is 0 Å². The summed E-state index contributed by atoms with van der Waals surface area (Å²) in [6, 6.07) is 31.1. The number of carbonyl (C=O) groups excluding carboxylic acids is 3. The van der Waals surface area contributed by atoms with Gasteiger partial charge in [-0.05, 0) is 59.2 Å². The Balaban J connectivity index is 1.31. The molecule has 4 aromatic rings. The van der Waals surface area contributed by atoms with Crippen molar-refractivity contribution in [2.45, 2.75) is 13.5 Å². The molecule has 2 amide bonds. The Kier molecular flexibility index (Phi) is 7.33. The Morgan fingerprint density at radius 3 is 2.06 bits per heavy atom. The highest BCUT2D eigenvalue weighted by Crippen LogP contribution is 2.19. The molecule has 0 aliphatic rings. The zero-order valence-corrected chi connectivity index (χ0v) is 19.2. The van der Waals surface area contributed by atoms with Crippen LogP contribution in [-0.4, -0.2) is 17.8 Å². The van der Waals surface area contributed by atoms with E-state index in [1.165, 1.54) is 13.0 Å². The van der Waals surface area contributed by atoms with E-state index in [9.17, 15) is 14.4 Å². The lowest BCUT2D eigenvalue weighted by Crippen LogP contribution is -2.22. The Labute approximate surface area is 203 Å². The Hall–Kier alpha value is -4.71. The lowest BCUT2D eigenvalue weighted by atomic mass is 10.0. The van der Waals surface area contributed by atoms with Gasteiger partial charge < -0.3 is 15.4 Å². The molecular formula is C29H24N2O4. The fourth-order valence-electron chi connectivity index (χ4n) is 3.51. The normalized spacial score (nSPS) is 10.3. The van der Waals surface area contributed by atoms with Crippen molar-refractivity contribution in [3.05, 3.63) is 120 Å². The largest absolute Gasteiger partial charge is 0.427 e. The molecule has 6 heteroatoms. The lowest BCUT2D eigenvalue weighted by molar-refractivity contribution is -0.131. The van der Waals surface area contributed by atoms with Gasteiger partial charge in [0.25, 0.3) is 11.8 Å². The van der Waals surface area contributed by atoms with Gasteiger partial charge in [0.2, 0.25) is 0 Å². The zero-order chi connectivity index (χ0) is 24.6. The molecule has 0 fully saturated rings. The molecular weight excluding hydrogens is 440 g/mol. The summed E-state index contributed by atoms with van der Waals surface area (Å²) >= 11 is 0. The molecule has 0 aromatic heterocycles. The second-order valence-corrected chi connectivity index (χ2v) is 7.90. The van der Waals surface area contributed by atoms with Crippen LogP contribution in [0.5, 0.6) is 5.75 Å². The first kappa shape index (κ1) is 23.4. The first-order valence-electron chi connectivity index (χ1n) is 11.1. The summed E-state index contributed by atoms with van der Waals surface area (Å²) in [6.45, 7) is 1.66. The fraction of sp³-hybridized carbons (Fsp3) is 0.0690. The van der Waals surface area contributed by atoms with Crippen LogP contribution >= 0.6 is 0 Å². The number of amides is 2. The van der Waals surface area contributed by atoms with Crippen LogP contribution in [-0.2, 0) is 11.3 Å². The average Bonchev–Trinajstić information content (AvgIpc) is 2.88. The molecule has 0 unspecified atom stereocenters. The Morgan fingerprint density at radius 1 is 0.686 bits per heavy atom. The number of nitrogens with one attached hydrogen (secondary N) is 2. The summed E-state index contributed by atoms with van der Waals surface area (Å²) in [5.74, 6) is -0.617. The maximum Gasteiger partial charge on any atom is 0.308 e. The van der Waals surface area contributed by atoms with Crippen molar-refractivity contribution in [3.8, 4) is 16.9 Å². The van der Waals surface area contributed by atoms with Crippen LogP contribution in [0.3, 0.4) is 0 Å². The number of carbonyl (C=O) groups is 3. The van der Waals surface area contributed by atoms with E-state index in [0.717, 1.165) is 16.7 Å². The van der Waals surface area contributed by atoms with E-state index < -0.39 is 5.97 Å².